The average molecular weight is 382 g/mol. The van der Waals surface area contributed by atoms with Crippen LogP contribution in [0.1, 0.15) is 15.2 Å². The van der Waals surface area contributed by atoms with E-state index < -0.39 is 5.97 Å². The monoisotopic (exact) mass is 381 g/mol. The number of aromatic nitrogens is 3. The minimum Gasteiger partial charge on any atom is -0.460 e. The molecule has 0 unspecified atom stereocenters. The van der Waals surface area contributed by atoms with Crippen molar-refractivity contribution in [3.05, 3.63) is 55.2 Å². The zero-order valence-electron chi connectivity index (χ0n) is 11.7. The largest absolute Gasteiger partial charge is 0.460 e. The molecule has 8 heteroatoms. The van der Waals surface area contributed by atoms with E-state index in [0.717, 1.165) is 9.35 Å². The summed E-state index contributed by atoms with van der Waals surface area (Å²) in [5, 5.41) is 4.17. The minimum atomic E-state index is -0.393. The van der Waals surface area contributed by atoms with Crippen molar-refractivity contribution in [3.8, 4) is 0 Å². The maximum absolute atomic E-state index is 12.0. The van der Waals surface area contributed by atoms with Gasteiger partial charge in [-0.05, 0) is 46.6 Å². The second-order valence-corrected chi connectivity index (χ2v) is 7.01. The van der Waals surface area contributed by atoms with E-state index in [4.69, 9.17) is 4.74 Å². The predicted octanol–water partition coefficient (Wildman–Crippen LogP) is 2.49. The van der Waals surface area contributed by atoms with Crippen molar-refractivity contribution in [2.24, 2.45) is 0 Å². The molecule has 0 radical (unpaired) electrons. The first kappa shape index (κ1) is 15.0. The zero-order valence-corrected chi connectivity index (χ0v) is 14.1. The van der Waals surface area contributed by atoms with E-state index in [-0.39, 0.29) is 18.8 Å². The Morgan fingerprint density at radius 3 is 2.95 bits per heavy atom. The number of halogens is 1. The SMILES string of the molecule is Cc1cc(C(=O)OCCn2nc3ccccn3c2=O)sc1Br. The number of pyridine rings is 1. The summed E-state index contributed by atoms with van der Waals surface area (Å²) in [6, 6.07) is 7.09. The molecule has 3 aromatic heterocycles. The van der Waals surface area contributed by atoms with Gasteiger partial charge in [0, 0.05) is 6.20 Å². The summed E-state index contributed by atoms with van der Waals surface area (Å²) in [5.41, 5.74) is 1.31. The third-order valence-electron chi connectivity index (χ3n) is 3.08. The van der Waals surface area contributed by atoms with Gasteiger partial charge in [-0.25, -0.2) is 14.3 Å². The Kier molecular flexibility index (Phi) is 4.12. The highest BCUT2D eigenvalue weighted by Gasteiger charge is 2.13. The van der Waals surface area contributed by atoms with Crippen molar-refractivity contribution in [3.63, 3.8) is 0 Å². The van der Waals surface area contributed by atoms with Crippen LogP contribution in [0.15, 0.2) is 39.0 Å². The third-order valence-corrected chi connectivity index (χ3v) is 5.20. The van der Waals surface area contributed by atoms with Gasteiger partial charge in [0.25, 0.3) is 0 Å². The summed E-state index contributed by atoms with van der Waals surface area (Å²) >= 11 is 4.70. The highest BCUT2D eigenvalue weighted by molar-refractivity contribution is 9.11. The summed E-state index contributed by atoms with van der Waals surface area (Å²) in [7, 11) is 0. The number of carbonyl (C=O) groups excluding carboxylic acids is 1. The lowest BCUT2D eigenvalue weighted by Crippen LogP contribution is -2.23. The Labute approximate surface area is 138 Å². The number of nitrogens with zero attached hydrogens (tertiary/aromatic N) is 3. The van der Waals surface area contributed by atoms with E-state index in [1.807, 2.05) is 13.0 Å². The van der Waals surface area contributed by atoms with Gasteiger partial charge in [-0.1, -0.05) is 6.07 Å². The number of ether oxygens (including phenoxy) is 1. The molecule has 3 aromatic rings. The predicted molar refractivity (Wildman–Crippen MR) is 86.5 cm³/mol. The lowest BCUT2D eigenvalue weighted by Gasteiger charge is -2.02. The highest BCUT2D eigenvalue weighted by Crippen LogP contribution is 2.27. The van der Waals surface area contributed by atoms with Crippen LogP contribution in [0, 0.1) is 6.92 Å². The van der Waals surface area contributed by atoms with Crippen LogP contribution in [-0.2, 0) is 11.3 Å². The quantitative estimate of drug-likeness (QED) is 0.651. The van der Waals surface area contributed by atoms with Crippen molar-refractivity contribution < 1.29 is 9.53 Å². The molecule has 0 aromatic carbocycles. The summed E-state index contributed by atoms with van der Waals surface area (Å²) in [5.74, 6) is -0.393. The molecule has 0 aliphatic heterocycles. The molecular weight excluding hydrogens is 370 g/mol. The van der Waals surface area contributed by atoms with Gasteiger partial charge >= 0.3 is 11.7 Å². The molecule has 0 N–H and O–H groups in total. The van der Waals surface area contributed by atoms with E-state index in [2.05, 4.69) is 21.0 Å². The van der Waals surface area contributed by atoms with Crippen LogP contribution < -0.4 is 5.69 Å². The molecule has 22 heavy (non-hydrogen) atoms. The number of hydrogen-bond acceptors (Lipinski definition) is 5. The summed E-state index contributed by atoms with van der Waals surface area (Å²) in [6.07, 6.45) is 1.65. The Hall–Kier alpha value is -1.93. The van der Waals surface area contributed by atoms with Gasteiger partial charge in [0.2, 0.25) is 0 Å². The minimum absolute atomic E-state index is 0.0944. The lowest BCUT2D eigenvalue weighted by molar-refractivity contribution is 0.0492. The van der Waals surface area contributed by atoms with Crippen LogP contribution in [0.3, 0.4) is 0 Å². The van der Waals surface area contributed by atoms with Crippen LogP contribution in [0.2, 0.25) is 0 Å². The van der Waals surface area contributed by atoms with Crippen molar-refractivity contribution in [2.75, 3.05) is 6.61 Å². The van der Waals surface area contributed by atoms with Gasteiger partial charge in [0.05, 0.1) is 10.3 Å². The number of rotatable bonds is 4. The first-order chi connectivity index (χ1) is 10.6. The summed E-state index contributed by atoms with van der Waals surface area (Å²) in [6.45, 7) is 2.22. The Morgan fingerprint density at radius 1 is 1.45 bits per heavy atom. The van der Waals surface area contributed by atoms with E-state index >= 15 is 0 Å². The smallest absolute Gasteiger partial charge is 0.350 e. The van der Waals surface area contributed by atoms with Crippen LogP contribution >= 0.6 is 27.3 Å². The zero-order chi connectivity index (χ0) is 15.7. The number of hydrogen-bond donors (Lipinski definition) is 0. The summed E-state index contributed by atoms with van der Waals surface area (Å²) in [4.78, 5) is 24.5. The molecule has 0 aliphatic carbocycles. The molecule has 0 fully saturated rings. The lowest BCUT2D eigenvalue weighted by atomic mass is 10.3. The maximum Gasteiger partial charge on any atom is 0.350 e. The average Bonchev–Trinajstić information content (AvgIpc) is 3.01. The topological polar surface area (TPSA) is 65.6 Å². The fraction of sp³-hybridized carbons (Fsp3) is 0.214. The van der Waals surface area contributed by atoms with Crippen molar-refractivity contribution in [1.82, 2.24) is 14.2 Å². The van der Waals surface area contributed by atoms with Crippen LogP contribution in [0.5, 0.6) is 0 Å². The number of carbonyl (C=O) groups is 1. The molecule has 0 bridgehead atoms. The van der Waals surface area contributed by atoms with Gasteiger partial charge in [-0.15, -0.1) is 16.4 Å². The fourth-order valence-electron chi connectivity index (χ4n) is 1.97. The molecule has 6 nitrogen and oxygen atoms in total. The molecule has 0 spiro atoms. The third kappa shape index (κ3) is 2.84. The first-order valence-electron chi connectivity index (χ1n) is 6.53. The van der Waals surface area contributed by atoms with E-state index in [0.29, 0.717) is 10.5 Å². The summed E-state index contributed by atoms with van der Waals surface area (Å²) < 4.78 is 8.84. The number of esters is 1. The molecule has 3 rings (SSSR count). The normalized spacial score (nSPS) is 11.0. The standard InChI is InChI=1S/C14H12BrN3O3S/c1-9-8-10(22-12(9)15)13(19)21-7-6-18-14(20)17-5-3-2-4-11(17)16-18/h2-5,8H,6-7H2,1H3. The van der Waals surface area contributed by atoms with E-state index in [9.17, 15) is 9.59 Å². The van der Waals surface area contributed by atoms with E-state index in [1.54, 1.807) is 24.4 Å². The van der Waals surface area contributed by atoms with Gasteiger partial charge in [0.15, 0.2) is 5.65 Å². The maximum atomic E-state index is 12.0. The number of thiophene rings is 1. The Morgan fingerprint density at radius 2 is 2.27 bits per heavy atom. The molecule has 0 saturated carbocycles. The van der Waals surface area contributed by atoms with Crippen LogP contribution in [-0.4, -0.2) is 26.8 Å². The molecule has 0 amide bonds. The van der Waals surface area contributed by atoms with Gasteiger partial charge in [-0.3, -0.25) is 4.40 Å². The van der Waals surface area contributed by atoms with Crippen LogP contribution in [0.4, 0.5) is 0 Å². The van der Waals surface area contributed by atoms with Crippen LogP contribution in [0.25, 0.3) is 5.65 Å². The molecule has 0 aliphatic rings. The van der Waals surface area contributed by atoms with E-state index in [1.165, 1.54) is 20.4 Å². The molecule has 0 saturated heterocycles. The van der Waals surface area contributed by atoms with Crippen molar-refractivity contribution in [1.29, 1.82) is 0 Å². The molecule has 114 valence electrons. The fourth-order valence-corrected chi connectivity index (χ4v) is 3.40. The number of aryl methyl sites for hydroxylation is 1. The van der Waals surface area contributed by atoms with Gasteiger partial charge < -0.3 is 4.74 Å². The highest BCUT2D eigenvalue weighted by atomic mass is 79.9. The first-order valence-corrected chi connectivity index (χ1v) is 8.14. The van der Waals surface area contributed by atoms with Crippen molar-refractivity contribution >= 4 is 38.9 Å². The Bertz CT molecular complexity index is 877. The van der Waals surface area contributed by atoms with Gasteiger partial charge in [0.1, 0.15) is 11.5 Å². The number of fused-ring (bicyclic) bond motifs is 1. The second kappa shape index (κ2) is 6.05. The second-order valence-electron chi connectivity index (χ2n) is 4.64. The molecule has 3 heterocycles. The van der Waals surface area contributed by atoms with Crippen molar-refractivity contribution in [2.45, 2.75) is 13.5 Å². The molecular formula is C14H12BrN3O3S. The van der Waals surface area contributed by atoms with Gasteiger partial charge in [-0.2, -0.15) is 0 Å². The Balaban J connectivity index is 1.66. The molecule has 0 atom stereocenters.